The van der Waals surface area contributed by atoms with Gasteiger partial charge in [-0.05, 0) is 38.0 Å². The van der Waals surface area contributed by atoms with Gasteiger partial charge in [0.1, 0.15) is 0 Å². The van der Waals surface area contributed by atoms with Crippen molar-refractivity contribution in [1.82, 2.24) is 0 Å². The second-order valence-electron chi connectivity index (χ2n) is 3.41. The number of ether oxygens (including phenoxy) is 1. The van der Waals surface area contributed by atoms with Crippen LogP contribution in [0.3, 0.4) is 0 Å². The van der Waals surface area contributed by atoms with Gasteiger partial charge < -0.3 is 4.74 Å². The second-order valence-corrected chi connectivity index (χ2v) is 3.41. The third-order valence-corrected chi connectivity index (χ3v) is 2.63. The Labute approximate surface area is 63.8 Å². The van der Waals surface area contributed by atoms with Gasteiger partial charge in [0.25, 0.3) is 0 Å². The van der Waals surface area contributed by atoms with E-state index < -0.39 is 0 Å². The molecule has 1 nitrogen and oxygen atoms in total. The molecule has 1 saturated carbocycles. The van der Waals surface area contributed by atoms with Crippen molar-refractivity contribution in [2.75, 3.05) is 7.11 Å². The average molecular weight is 141 g/mol. The fourth-order valence-electron chi connectivity index (χ4n) is 1.62. The fourth-order valence-corrected chi connectivity index (χ4v) is 1.62. The van der Waals surface area contributed by atoms with Crippen molar-refractivity contribution in [3.05, 3.63) is 6.92 Å². The first kappa shape index (κ1) is 8.06. The van der Waals surface area contributed by atoms with Crippen LogP contribution in [0.5, 0.6) is 0 Å². The molecular weight excluding hydrogens is 124 g/mol. The zero-order chi connectivity index (χ0) is 7.56. The molecule has 0 bridgehead atoms. The van der Waals surface area contributed by atoms with E-state index in [4.69, 9.17) is 4.74 Å². The van der Waals surface area contributed by atoms with E-state index in [1.165, 1.54) is 19.3 Å². The lowest BCUT2D eigenvalue weighted by Crippen LogP contribution is -2.25. The minimum atomic E-state index is 0.507. The molecule has 10 heavy (non-hydrogen) atoms. The van der Waals surface area contributed by atoms with E-state index in [9.17, 15) is 0 Å². The van der Waals surface area contributed by atoms with E-state index in [1.54, 1.807) is 7.11 Å². The highest BCUT2D eigenvalue weighted by Crippen LogP contribution is 2.30. The predicted octanol–water partition coefficient (Wildman–Crippen LogP) is 2.27. The molecule has 0 saturated heterocycles. The lowest BCUT2D eigenvalue weighted by atomic mass is 9.80. The molecule has 1 aliphatic rings. The maximum Gasteiger partial charge on any atom is 0.0574 e. The number of hydrogen-bond donors (Lipinski definition) is 0. The van der Waals surface area contributed by atoms with Crippen LogP contribution in [0.25, 0.3) is 0 Å². The van der Waals surface area contributed by atoms with Gasteiger partial charge in [-0.2, -0.15) is 0 Å². The molecule has 0 aromatic rings. The molecule has 1 radical (unpaired) electrons. The Bertz CT molecular complexity index is 101. The molecule has 0 heterocycles. The largest absolute Gasteiger partial charge is 0.381 e. The normalized spacial score (nSPS) is 41.7. The molecule has 1 heteroatoms. The van der Waals surface area contributed by atoms with Crippen molar-refractivity contribution in [1.29, 1.82) is 0 Å². The Morgan fingerprint density at radius 3 is 2.60 bits per heavy atom. The Kier molecular flexibility index (Phi) is 2.72. The van der Waals surface area contributed by atoms with Crippen molar-refractivity contribution >= 4 is 0 Å². The average Bonchev–Trinajstić information content (AvgIpc) is 1.95. The minimum Gasteiger partial charge on any atom is -0.381 e. The minimum absolute atomic E-state index is 0.507. The van der Waals surface area contributed by atoms with Crippen LogP contribution in [0.15, 0.2) is 0 Å². The number of methoxy groups -OCH3 is 1. The lowest BCUT2D eigenvalue weighted by molar-refractivity contribution is 0.0414. The first-order chi connectivity index (χ1) is 4.74. The first-order valence-electron chi connectivity index (χ1n) is 4.10. The first-order valence-corrected chi connectivity index (χ1v) is 4.10. The Morgan fingerprint density at radius 2 is 2.10 bits per heavy atom. The summed E-state index contributed by atoms with van der Waals surface area (Å²) < 4.78 is 5.28. The highest BCUT2D eigenvalue weighted by Gasteiger charge is 2.23. The summed E-state index contributed by atoms with van der Waals surface area (Å²) in [6.07, 6.45) is 4.15. The third kappa shape index (κ3) is 1.72. The van der Waals surface area contributed by atoms with E-state index >= 15 is 0 Å². The Morgan fingerprint density at radius 1 is 1.40 bits per heavy atom. The molecule has 1 rings (SSSR count). The molecule has 59 valence electrons. The topological polar surface area (TPSA) is 9.23 Å². The maximum absolute atomic E-state index is 5.28. The summed E-state index contributed by atoms with van der Waals surface area (Å²) in [7, 11) is 1.81. The molecular formula is C9H17O. The molecule has 0 aliphatic heterocycles. The number of rotatable bonds is 1. The maximum atomic E-state index is 5.28. The lowest BCUT2D eigenvalue weighted by Gasteiger charge is -2.30. The van der Waals surface area contributed by atoms with Gasteiger partial charge in [0.2, 0.25) is 0 Å². The number of hydrogen-bond acceptors (Lipinski definition) is 1. The second kappa shape index (κ2) is 3.38. The van der Waals surface area contributed by atoms with Gasteiger partial charge in [0, 0.05) is 7.11 Å². The third-order valence-electron chi connectivity index (χ3n) is 2.63. The van der Waals surface area contributed by atoms with Crippen molar-refractivity contribution in [3.8, 4) is 0 Å². The zero-order valence-corrected chi connectivity index (χ0v) is 6.97. The van der Waals surface area contributed by atoms with Crippen LogP contribution < -0.4 is 0 Å². The van der Waals surface area contributed by atoms with Crippen molar-refractivity contribution in [2.45, 2.75) is 32.3 Å². The molecule has 1 fully saturated rings. The molecule has 0 amide bonds. The smallest absolute Gasteiger partial charge is 0.0574 e. The van der Waals surface area contributed by atoms with E-state index in [0.29, 0.717) is 12.0 Å². The van der Waals surface area contributed by atoms with E-state index in [1.807, 2.05) is 0 Å². The van der Waals surface area contributed by atoms with E-state index in [0.717, 1.165) is 5.92 Å². The molecule has 0 spiro atoms. The fraction of sp³-hybridized carbons (Fsp3) is 0.889. The van der Waals surface area contributed by atoms with Crippen LogP contribution in [-0.2, 0) is 4.74 Å². The SMILES string of the molecule is [CH2]C1CCC(OC)CC1C. The van der Waals surface area contributed by atoms with Crippen LogP contribution in [0.2, 0.25) is 0 Å². The zero-order valence-electron chi connectivity index (χ0n) is 6.97. The van der Waals surface area contributed by atoms with Crippen molar-refractivity contribution < 1.29 is 4.74 Å². The van der Waals surface area contributed by atoms with Crippen LogP contribution >= 0.6 is 0 Å². The molecule has 0 aromatic carbocycles. The van der Waals surface area contributed by atoms with Crippen LogP contribution in [0.1, 0.15) is 26.2 Å². The van der Waals surface area contributed by atoms with Gasteiger partial charge in [-0.3, -0.25) is 0 Å². The van der Waals surface area contributed by atoms with Gasteiger partial charge >= 0.3 is 0 Å². The quantitative estimate of drug-likeness (QED) is 0.544. The van der Waals surface area contributed by atoms with Gasteiger partial charge in [-0.1, -0.05) is 6.92 Å². The summed E-state index contributed by atoms with van der Waals surface area (Å²) >= 11 is 0. The Hall–Kier alpha value is -0.0400. The van der Waals surface area contributed by atoms with Gasteiger partial charge in [-0.15, -0.1) is 0 Å². The van der Waals surface area contributed by atoms with Crippen LogP contribution in [0, 0.1) is 18.8 Å². The standard InChI is InChI=1S/C9H17O/c1-7-4-5-9(10-3)6-8(7)2/h7-9H,1,4-6H2,2-3H3. The van der Waals surface area contributed by atoms with E-state index in [-0.39, 0.29) is 0 Å². The predicted molar refractivity (Wildman–Crippen MR) is 42.7 cm³/mol. The van der Waals surface area contributed by atoms with Gasteiger partial charge in [-0.25, -0.2) is 0 Å². The van der Waals surface area contributed by atoms with Crippen LogP contribution in [-0.4, -0.2) is 13.2 Å². The summed E-state index contributed by atoms with van der Waals surface area (Å²) in [5.41, 5.74) is 0. The molecule has 3 unspecified atom stereocenters. The Balaban J connectivity index is 2.33. The monoisotopic (exact) mass is 141 g/mol. The summed E-state index contributed by atoms with van der Waals surface area (Å²) in [6, 6.07) is 0. The highest BCUT2D eigenvalue weighted by molar-refractivity contribution is 4.78. The molecule has 3 atom stereocenters. The molecule has 0 aromatic heterocycles. The van der Waals surface area contributed by atoms with Crippen molar-refractivity contribution in [2.24, 2.45) is 11.8 Å². The highest BCUT2D eigenvalue weighted by atomic mass is 16.5. The summed E-state index contributed by atoms with van der Waals surface area (Å²) in [5.74, 6) is 1.41. The summed E-state index contributed by atoms with van der Waals surface area (Å²) in [6.45, 7) is 6.36. The van der Waals surface area contributed by atoms with Gasteiger partial charge in [0.15, 0.2) is 0 Å². The van der Waals surface area contributed by atoms with Crippen LogP contribution in [0.4, 0.5) is 0 Å². The van der Waals surface area contributed by atoms with Crippen molar-refractivity contribution in [3.63, 3.8) is 0 Å². The molecule has 1 aliphatic carbocycles. The molecule has 0 N–H and O–H groups in total. The van der Waals surface area contributed by atoms with Gasteiger partial charge in [0.05, 0.1) is 6.10 Å². The summed E-state index contributed by atoms with van der Waals surface area (Å²) in [4.78, 5) is 0. The summed E-state index contributed by atoms with van der Waals surface area (Å²) in [5, 5.41) is 0. The van der Waals surface area contributed by atoms with E-state index in [2.05, 4.69) is 13.8 Å².